The Bertz CT molecular complexity index is 1780. The van der Waals surface area contributed by atoms with Gasteiger partial charge >= 0.3 is 0 Å². The van der Waals surface area contributed by atoms with Crippen LogP contribution in [0.4, 0.5) is 0 Å². The minimum Gasteiger partial charge on any atom is -0.265 e. The zero-order chi connectivity index (χ0) is 24.6. The third-order valence-electron chi connectivity index (χ3n) is 7.28. The molecular formula is C36H24N. The molecule has 173 valence electrons. The van der Waals surface area contributed by atoms with Gasteiger partial charge in [0.2, 0.25) is 0 Å². The van der Waals surface area contributed by atoms with E-state index in [9.17, 15) is 0 Å². The van der Waals surface area contributed by atoms with Gasteiger partial charge in [0.05, 0.1) is 5.92 Å². The number of benzene rings is 6. The number of hydrogen-bond donors (Lipinski definition) is 0. The lowest BCUT2D eigenvalue weighted by Gasteiger charge is -2.18. The van der Waals surface area contributed by atoms with E-state index in [1.807, 2.05) is 12.4 Å². The van der Waals surface area contributed by atoms with E-state index in [0.29, 0.717) is 0 Å². The average Bonchev–Trinajstić information content (AvgIpc) is 2.99. The number of fused-ring (bicyclic) bond motifs is 6. The van der Waals surface area contributed by atoms with Gasteiger partial charge in [0.1, 0.15) is 0 Å². The van der Waals surface area contributed by atoms with Crippen LogP contribution in [0.3, 0.4) is 0 Å². The molecule has 0 unspecified atom stereocenters. The fourth-order valence-corrected chi connectivity index (χ4v) is 5.54. The maximum absolute atomic E-state index is 4.22. The molecule has 7 rings (SSSR count). The molecule has 0 aliphatic carbocycles. The molecule has 37 heavy (non-hydrogen) atoms. The highest BCUT2D eigenvalue weighted by Crippen LogP contribution is 2.37. The van der Waals surface area contributed by atoms with Gasteiger partial charge < -0.3 is 0 Å². The molecule has 0 spiro atoms. The average molecular weight is 471 g/mol. The highest BCUT2D eigenvalue weighted by Gasteiger charge is 2.18. The molecule has 0 N–H and O–H groups in total. The van der Waals surface area contributed by atoms with Gasteiger partial charge in [-0.05, 0) is 78.3 Å². The van der Waals surface area contributed by atoms with Crippen LogP contribution in [-0.4, -0.2) is 4.98 Å². The zero-order valence-corrected chi connectivity index (χ0v) is 20.3. The minimum atomic E-state index is 1.16. The van der Waals surface area contributed by atoms with E-state index in [4.69, 9.17) is 0 Å². The molecule has 0 atom stereocenters. The summed E-state index contributed by atoms with van der Waals surface area (Å²) in [4.78, 5) is 4.22. The predicted octanol–water partition coefficient (Wildman–Crippen LogP) is 9.23. The molecular weight excluding hydrogens is 446 g/mol. The first-order valence-electron chi connectivity index (χ1n) is 12.6. The van der Waals surface area contributed by atoms with Crippen molar-refractivity contribution in [2.24, 2.45) is 0 Å². The van der Waals surface area contributed by atoms with Crippen molar-refractivity contribution in [3.8, 4) is 11.1 Å². The van der Waals surface area contributed by atoms with E-state index in [-0.39, 0.29) is 0 Å². The van der Waals surface area contributed by atoms with Crippen molar-refractivity contribution in [2.45, 2.75) is 0 Å². The smallest absolute Gasteiger partial charge is 0.0630 e. The van der Waals surface area contributed by atoms with Gasteiger partial charge in [-0.1, -0.05) is 115 Å². The van der Waals surface area contributed by atoms with Gasteiger partial charge in [-0.25, -0.2) is 0 Å². The summed E-state index contributed by atoms with van der Waals surface area (Å²) in [6.45, 7) is 0. The van der Waals surface area contributed by atoms with Gasteiger partial charge in [-0.15, -0.1) is 0 Å². The Balaban J connectivity index is 1.35. The molecule has 7 aromatic rings. The Morgan fingerprint density at radius 1 is 0.351 bits per heavy atom. The lowest BCUT2D eigenvalue weighted by Crippen LogP contribution is -2.04. The van der Waals surface area contributed by atoms with Crippen LogP contribution in [0.15, 0.2) is 146 Å². The largest absolute Gasteiger partial charge is 0.265 e. The number of nitrogens with zero attached hydrogens (tertiary/aromatic N) is 1. The molecule has 0 saturated carbocycles. The molecule has 1 heteroatoms. The van der Waals surface area contributed by atoms with Crippen molar-refractivity contribution in [2.75, 3.05) is 0 Å². The monoisotopic (exact) mass is 470 g/mol. The lowest BCUT2D eigenvalue weighted by molar-refractivity contribution is 1.20. The summed E-state index contributed by atoms with van der Waals surface area (Å²) in [5.41, 5.74) is 6.00. The number of pyridine rings is 1. The van der Waals surface area contributed by atoms with Crippen LogP contribution in [-0.2, 0) is 0 Å². The normalized spacial score (nSPS) is 11.5. The van der Waals surface area contributed by atoms with Crippen molar-refractivity contribution in [3.05, 3.63) is 168 Å². The van der Waals surface area contributed by atoms with Crippen molar-refractivity contribution in [1.29, 1.82) is 0 Å². The molecule has 0 amide bonds. The van der Waals surface area contributed by atoms with Crippen molar-refractivity contribution in [3.63, 3.8) is 0 Å². The highest BCUT2D eigenvalue weighted by molar-refractivity contribution is 6.25. The summed E-state index contributed by atoms with van der Waals surface area (Å²) in [5.74, 6) is 1.21. The highest BCUT2D eigenvalue weighted by atomic mass is 14.6. The molecule has 1 aromatic heterocycles. The number of hydrogen-bond acceptors (Lipinski definition) is 1. The topological polar surface area (TPSA) is 12.9 Å². The van der Waals surface area contributed by atoms with Gasteiger partial charge in [-0.2, -0.15) is 0 Å². The van der Waals surface area contributed by atoms with Crippen molar-refractivity contribution >= 4 is 32.3 Å². The maximum Gasteiger partial charge on any atom is 0.0630 e. The fraction of sp³-hybridized carbons (Fsp3) is 0. The van der Waals surface area contributed by atoms with Crippen molar-refractivity contribution in [1.82, 2.24) is 4.98 Å². The zero-order valence-electron chi connectivity index (χ0n) is 20.3. The molecule has 1 nitrogen and oxygen atoms in total. The Labute approximate surface area is 216 Å². The number of aromatic nitrogens is 1. The molecule has 6 aromatic carbocycles. The Kier molecular flexibility index (Phi) is 5.26. The molecule has 1 radical (unpaired) electrons. The van der Waals surface area contributed by atoms with E-state index in [1.54, 1.807) is 0 Å². The third-order valence-corrected chi connectivity index (χ3v) is 7.28. The summed E-state index contributed by atoms with van der Waals surface area (Å²) in [7, 11) is 0. The summed E-state index contributed by atoms with van der Waals surface area (Å²) < 4.78 is 0. The second-order valence-corrected chi connectivity index (χ2v) is 9.41. The molecule has 1 heterocycles. The standard InChI is InChI=1S/C36H24N/c1-2-8-26(9-3-1)36(28-20-22-37-23-21-28)27-16-14-25(15-17-27)29-18-19-34-32-12-5-4-10-30(32)31-11-6-7-13-33(31)35(34)24-29/h1-24H. The Hall–Kier alpha value is -4.75. The SMILES string of the molecule is c1ccc([C](c2ccncc2)c2ccc(-c3ccc4c5ccccc5c5ccccc5c4c3)cc2)cc1. The van der Waals surface area contributed by atoms with Gasteiger partial charge in [-0.3, -0.25) is 4.98 Å². The molecule has 0 aliphatic heterocycles. The van der Waals surface area contributed by atoms with E-state index in [2.05, 4.69) is 138 Å². The van der Waals surface area contributed by atoms with E-state index in [0.717, 1.165) is 5.56 Å². The summed E-state index contributed by atoms with van der Waals surface area (Å²) >= 11 is 0. The third kappa shape index (κ3) is 3.77. The summed E-state index contributed by atoms with van der Waals surface area (Å²) in [5, 5.41) is 7.81. The first kappa shape index (κ1) is 21.5. The summed E-state index contributed by atoms with van der Waals surface area (Å²) in [6.07, 6.45) is 3.71. The van der Waals surface area contributed by atoms with Crippen molar-refractivity contribution < 1.29 is 0 Å². The number of rotatable bonds is 4. The Morgan fingerprint density at radius 3 is 1.43 bits per heavy atom. The Morgan fingerprint density at radius 2 is 0.811 bits per heavy atom. The van der Waals surface area contributed by atoms with Crippen LogP contribution in [0.25, 0.3) is 43.4 Å². The lowest BCUT2D eigenvalue weighted by atomic mass is 9.85. The molecule has 0 aliphatic rings. The first-order chi connectivity index (χ1) is 18.4. The second-order valence-electron chi connectivity index (χ2n) is 9.41. The maximum atomic E-state index is 4.22. The van der Waals surface area contributed by atoms with Gasteiger partial charge in [0.25, 0.3) is 0 Å². The molecule has 0 fully saturated rings. The summed E-state index contributed by atoms with van der Waals surface area (Å²) in [6, 6.07) is 48.0. The van der Waals surface area contributed by atoms with Crippen LogP contribution in [0.1, 0.15) is 16.7 Å². The molecule has 0 saturated heterocycles. The van der Waals surface area contributed by atoms with Gasteiger partial charge in [0, 0.05) is 12.4 Å². The van der Waals surface area contributed by atoms with E-state index < -0.39 is 0 Å². The van der Waals surface area contributed by atoms with Gasteiger partial charge in [0.15, 0.2) is 0 Å². The second kappa shape index (κ2) is 9.04. The first-order valence-corrected chi connectivity index (χ1v) is 12.6. The van der Waals surface area contributed by atoms with Crippen LogP contribution in [0.2, 0.25) is 0 Å². The molecule has 0 bridgehead atoms. The predicted molar refractivity (Wildman–Crippen MR) is 156 cm³/mol. The fourth-order valence-electron chi connectivity index (χ4n) is 5.54. The van der Waals surface area contributed by atoms with Crippen LogP contribution < -0.4 is 0 Å². The minimum absolute atomic E-state index is 1.16. The van der Waals surface area contributed by atoms with E-state index in [1.165, 1.54) is 60.5 Å². The quantitative estimate of drug-likeness (QED) is 0.234. The van der Waals surface area contributed by atoms with Crippen LogP contribution in [0, 0.1) is 5.92 Å². The van der Waals surface area contributed by atoms with Crippen LogP contribution >= 0.6 is 0 Å². The van der Waals surface area contributed by atoms with Crippen LogP contribution in [0.5, 0.6) is 0 Å². The van der Waals surface area contributed by atoms with E-state index >= 15 is 0 Å².